The van der Waals surface area contributed by atoms with Crippen LogP contribution in [-0.2, 0) is 10.8 Å². The van der Waals surface area contributed by atoms with Crippen LogP contribution in [0.4, 0.5) is 11.4 Å². The second-order valence-electron chi connectivity index (χ2n) is 23.5. The molecule has 5 heteroatoms. The van der Waals surface area contributed by atoms with Crippen LogP contribution in [0.2, 0.25) is 0 Å². The summed E-state index contributed by atoms with van der Waals surface area (Å²) in [6.45, 7) is 28.6. The van der Waals surface area contributed by atoms with Crippen LogP contribution in [0, 0.1) is 10.8 Å². The molecule has 0 aliphatic carbocycles. The summed E-state index contributed by atoms with van der Waals surface area (Å²) in [5, 5.41) is 2.34. The first-order chi connectivity index (χ1) is 33.7. The first kappa shape index (κ1) is 47.3. The number of aromatic nitrogens is 2. The normalized spacial score (nSPS) is 13.7. The Morgan fingerprint density at radius 3 is 1.48 bits per heavy atom. The third-order valence-corrected chi connectivity index (χ3v) is 13.9. The summed E-state index contributed by atoms with van der Waals surface area (Å²) in [6, 6.07) is 63.7. The van der Waals surface area contributed by atoms with Crippen molar-refractivity contribution in [3.8, 4) is 50.7 Å². The minimum atomic E-state index is -0.228. The van der Waals surface area contributed by atoms with Gasteiger partial charge in [0.1, 0.15) is 17.3 Å². The van der Waals surface area contributed by atoms with E-state index in [0.717, 1.165) is 50.6 Å². The van der Waals surface area contributed by atoms with Crippen molar-refractivity contribution in [3.63, 3.8) is 0 Å². The number of nitrogens with zero attached hydrogens (tertiary/aromatic N) is 4. The molecule has 0 atom stereocenters. The van der Waals surface area contributed by atoms with Crippen LogP contribution < -0.4 is 14.5 Å². The van der Waals surface area contributed by atoms with Gasteiger partial charge in [0.25, 0.3) is 0 Å². The molecular formula is C66H68N4O. The SMILES string of the molecule is CC(C)(C)C1=C(C(C)(C)C)N(c2cc(-c3ccccc3)c(C(C)(C)C)c(-c3ccccc3)c2)CN1c1cc(Oc2ccc3c4ccccc4n(-c4cc(C(C)(C)C)ccn4)c3c2)cc(-c2ccccc2)c1. The quantitative estimate of drug-likeness (QED) is 0.152. The molecule has 358 valence electrons. The third kappa shape index (κ3) is 9.15. The lowest BCUT2D eigenvalue weighted by Crippen LogP contribution is -2.31. The van der Waals surface area contributed by atoms with Crippen LogP contribution >= 0.6 is 0 Å². The standard InChI is InChI=1S/C66H68N4O/c1-63(2,3)48-34-35-67-59(38-48)70-57-31-23-22-30-53(57)54-33-32-51(42-58(54)70)71-52-37-47(44-24-16-13-17-25-44)36-49(39-52)68-43-69(62(66(10,11)12)61(68)65(7,8)9)50-40-55(45-26-18-14-19-27-45)60(64(4,5)6)56(41-50)46-28-20-15-21-29-46/h13-42H,43H2,1-12H3. The van der Waals surface area contributed by atoms with Gasteiger partial charge in [-0.15, -0.1) is 0 Å². The van der Waals surface area contributed by atoms with Gasteiger partial charge in [-0.2, -0.15) is 0 Å². The largest absolute Gasteiger partial charge is 0.457 e. The van der Waals surface area contributed by atoms with Gasteiger partial charge < -0.3 is 14.5 Å². The summed E-state index contributed by atoms with van der Waals surface area (Å²) in [6.07, 6.45) is 1.93. The molecule has 7 aromatic carbocycles. The van der Waals surface area contributed by atoms with Crippen molar-refractivity contribution in [1.82, 2.24) is 9.55 Å². The van der Waals surface area contributed by atoms with Gasteiger partial charge in [-0.25, -0.2) is 4.98 Å². The maximum absolute atomic E-state index is 7.12. The molecule has 10 rings (SSSR count). The van der Waals surface area contributed by atoms with E-state index in [9.17, 15) is 0 Å². The molecule has 71 heavy (non-hydrogen) atoms. The van der Waals surface area contributed by atoms with Gasteiger partial charge in [0.2, 0.25) is 0 Å². The molecule has 0 fully saturated rings. The van der Waals surface area contributed by atoms with Crippen molar-refractivity contribution in [3.05, 3.63) is 205 Å². The molecule has 0 unspecified atom stereocenters. The fourth-order valence-electron chi connectivity index (χ4n) is 10.8. The van der Waals surface area contributed by atoms with E-state index in [4.69, 9.17) is 9.72 Å². The van der Waals surface area contributed by atoms with Crippen molar-refractivity contribution in [2.75, 3.05) is 16.5 Å². The lowest BCUT2D eigenvalue weighted by molar-refractivity contribution is 0.444. The number of rotatable bonds is 8. The van der Waals surface area contributed by atoms with E-state index >= 15 is 0 Å². The Labute approximate surface area is 422 Å². The lowest BCUT2D eigenvalue weighted by atomic mass is 9.76. The average molecular weight is 933 g/mol. The number of hydrogen-bond acceptors (Lipinski definition) is 4. The Kier molecular flexibility index (Phi) is 11.9. The number of allylic oxidation sites excluding steroid dienone is 2. The van der Waals surface area contributed by atoms with E-state index in [2.05, 4.69) is 273 Å². The molecule has 0 amide bonds. The maximum Gasteiger partial charge on any atom is 0.137 e. The highest BCUT2D eigenvalue weighted by Crippen LogP contribution is 2.51. The van der Waals surface area contributed by atoms with Crippen LogP contribution in [0.3, 0.4) is 0 Å². The molecule has 0 radical (unpaired) electrons. The number of benzene rings is 7. The Morgan fingerprint density at radius 1 is 0.408 bits per heavy atom. The Balaban J connectivity index is 1.15. The van der Waals surface area contributed by atoms with Crippen molar-refractivity contribution < 1.29 is 4.74 Å². The predicted molar refractivity (Wildman–Crippen MR) is 301 cm³/mol. The molecule has 0 saturated heterocycles. The minimum absolute atomic E-state index is 0.0264. The molecule has 0 saturated carbocycles. The van der Waals surface area contributed by atoms with Crippen molar-refractivity contribution in [2.45, 2.75) is 93.9 Å². The zero-order valence-electron chi connectivity index (χ0n) is 43.7. The molecule has 9 aromatic rings. The number of para-hydroxylation sites is 1. The second kappa shape index (κ2) is 17.8. The fourth-order valence-corrected chi connectivity index (χ4v) is 10.8. The van der Waals surface area contributed by atoms with Crippen molar-refractivity contribution >= 4 is 33.2 Å². The monoisotopic (exact) mass is 933 g/mol. The summed E-state index contributed by atoms with van der Waals surface area (Å²) < 4.78 is 9.41. The molecular weight excluding hydrogens is 865 g/mol. The van der Waals surface area contributed by atoms with E-state index in [0.29, 0.717) is 6.67 Å². The van der Waals surface area contributed by atoms with Gasteiger partial charge in [-0.05, 0) is 110 Å². The summed E-state index contributed by atoms with van der Waals surface area (Å²) in [5.41, 5.74) is 16.2. The molecule has 0 spiro atoms. The van der Waals surface area contributed by atoms with Crippen LogP contribution in [0.25, 0.3) is 61.0 Å². The predicted octanol–water partition coefficient (Wildman–Crippen LogP) is 18.2. The zero-order valence-corrected chi connectivity index (χ0v) is 43.7. The van der Waals surface area contributed by atoms with Crippen LogP contribution in [-0.4, -0.2) is 16.2 Å². The topological polar surface area (TPSA) is 33.5 Å². The van der Waals surface area contributed by atoms with Crippen molar-refractivity contribution in [1.29, 1.82) is 0 Å². The van der Waals surface area contributed by atoms with Crippen LogP contribution in [0.1, 0.15) is 94.2 Å². The summed E-state index contributed by atoms with van der Waals surface area (Å²) in [4.78, 5) is 10.1. The number of hydrogen-bond donors (Lipinski definition) is 0. The molecule has 1 aliphatic heterocycles. The van der Waals surface area contributed by atoms with Gasteiger partial charge in [0.05, 0.1) is 17.7 Å². The van der Waals surface area contributed by atoms with E-state index in [1.54, 1.807) is 0 Å². The fraction of sp³-hybridized carbons (Fsp3) is 0.258. The first-order valence-electron chi connectivity index (χ1n) is 25.2. The summed E-state index contributed by atoms with van der Waals surface area (Å²) in [7, 11) is 0. The number of pyridine rings is 1. The van der Waals surface area contributed by atoms with Crippen LogP contribution in [0.5, 0.6) is 11.5 Å². The van der Waals surface area contributed by atoms with Gasteiger partial charge in [0.15, 0.2) is 0 Å². The Hall–Kier alpha value is -7.37. The van der Waals surface area contributed by atoms with Crippen molar-refractivity contribution in [2.24, 2.45) is 10.8 Å². The number of anilines is 2. The molecule has 3 heterocycles. The summed E-state index contributed by atoms with van der Waals surface area (Å²) >= 11 is 0. The highest BCUT2D eigenvalue weighted by atomic mass is 16.5. The minimum Gasteiger partial charge on any atom is -0.457 e. The highest BCUT2D eigenvalue weighted by molar-refractivity contribution is 6.09. The van der Waals surface area contributed by atoms with Gasteiger partial charge in [-0.3, -0.25) is 4.57 Å². The van der Waals surface area contributed by atoms with E-state index in [1.807, 2.05) is 6.20 Å². The molecule has 2 aromatic heterocycles. The Bertz CT molecular complexity index is 3390. The van der Waals surface area contributed by atoms with Gasteiger partial charge in [-0.1, -0.05) is 192 Å². The molecule has 0 bridgehead atoms. The van der Waals surface area contributed by atoms with Gasteiger partial charge in [0, 0.05) is 62.7 Å². The lowest BCUT2D eigenvalue weighted by Gasteiger charge is -2.35. The Morgan fingerprint density at radius 2 is 0.930 bits per heavy atom. The van der Waals surface area contributed by atoms with E-state index in [1.165, 1.54) is 55.8 Å². The van der Waals surface area contributed by atoms with Gasteiger partial charge >= 0.3 is 0 Å². The molecule has 1 aliphatic rings. The molecule has 0 N–H and O–H groups in total. The third-order valence-electron chi connectivity index (χ3n) is 13.9. The smallest absolute Gasteiger partial charge is 0.137 e. The summed E-state index contributed by atoms with van der Waals surface area (Å²) in [5.74, 6) is 2.42. The number of ether oxygens (including phenoxy) is 1. The highest BCUT2D eigenvalue weighted by Gasteiger charge is 2.42. The molecule has 5 nitrogen and oxygen atoms in total. The van der Waals surface area contributed by atoms with E-state index < -0.39 is 0 Å². The van der Waals surface area contributed by atoms with Crippen LogP contribution in [0.15, 0.2) is 194 Å². The zero-order chi connectivity index (χ0) is 50.0. The maximum atomic E-state index is 7.12. The first-order valence-corrected chi connectivity index (χ1v) is 25.2. The average Bonchev–Trinajstić information content (AvgIpc) is 3.92. The number of fused-ring (bicyclic) bond motifs is 3. The second-order valence-corrected chi connectivity index (χ2v) is 23.5. The van der Waals surface area contributed by atoms with E-state index in [-0.39, 0.29) is 21.7 Å².